The first-order valence-electron chi connectivity index (χ1n) is 10.7. The number of halogens is 3. The van der Waals surface area contributed by atoms with E-state index in [1.54, 1.807) is 28.8 Å². The van der Waals surface area contributed by atoms with Gasteiger partial charge >= 0.3 is 6.18 Å². The number of fused-ring (bicyclic) bond motifs is 1. The molecule has 0 unspecified atom stereocenters. The molecule has 0 aliphatic rings. The summed E-state index contributed by atoms with van der Waals surface area (Å²) >= 11 is 0. The number of carbonyl (C=O) groups is 2. The molecule has 0 bridgehead atoms. The maximum atomic E-state index is 13.4. The Morgan fingerprint density at radius 2 is 1.83 bits per heavy atom. The molecule has 11 heteroatoms. The lowest BCUT2D eigenvalue weighted by molar-refractivity contribution is -0.137. The number of aliphatic hydroxyl groups is 1. The number of anilines is 1. The Morgan fingerprint density at radius 1 is 1.08 bits per heavy atom. The molecule has 0 saturated heterocycles. The first kappa shape index (κ1) is 24.9. The smallest absolute Gasteiger partial charge is 0.392 e. The molecule has 0 saturated carbocycles. The van der Waals surface area contributed by atoms with E-state index in [0.717, 1.165) is 12.1 Å². The molecule has 0 radical (unpaired) electrons. The number of aromatic nitrogens is 2. The Hall–Kier alpha value is -4.22. The number of amides is 2. The minimum atomic E-state index is -4.73. The number of nitrogens with two attached hydrogens (primary N) is 1. The third-order valence-corrected chi connectivity index (χ3v) is 5.45. The zero-order valence-corrected chi connectivity index (χ0v) is 19.0. The van der Waals surface area contributed by atoms with Gasteiger partial charge in [-0.2, -0.15) is 13.2 Å². The summed E-state index contributed by atoms with van der Waals surface area (Å²) in [5.41, 5.74) is 5.68. The number of methoxy groups -OCH3 is 1. The van der Waals surface area contributed by atoms with E-state index in [-0.39, 0.29) is 30.0 Å². The van der Waals surface area contributed by atoms with Crippen LogP contribution in [0.25, 0.3) is 16.7 Å². The van der Waals surface area contributed by atoms with E-state index in [1.807, 2.05) is 0 Å². The summed E-state index contributed by atoms with van der Waals surface area (Å²) in [6.45, 7) is -0.163. The molecule has 186 valence electrons. The summed E-state index contributed by atoms with van der Waals surface area (Å²) in [6.07, 6.45) is -4.73. The average molecular weight is 498 g/mol. The minimum absolute atomic E-state index is 0.0404. The summed E-state index contributed by atoms with van der Waals surface area (Å²) in [5.74, 6) is -1.45. The Labute approximate surface area is 203 Å². The lowest BCUT2D eigenvalue weighted by Crippen LogP contribution is -2.19. The molecule has 1 aromatic heterocycles. The maximum absolute atomic E-state index is 13.4. The van der Waals surface area contributed by atoms with Crippen LogP contribution < -0.4 is 11.1 Å². The number of rotatable bonds is 7. The molecule has 0 spiro atoms. The lowest BCUT2D eigenvalue weighted by Gasteiger charge is -2.14. The number of nitrogens with one attached hydrogen (secondary N) is 1. The van der Waals surface area contributed by atoms with Crippen molar-refractivity contribution in [1.82, 2.24) is 9.55 Å². The third kappa shape index (κ3) is 4.79. The standard InChI is InChI=1S/C25H21F3N4O4/c1-36-13-21-31-22-18(23(29)34)10-15(11-20(22)32(21)16-6-4-5-14(9-16)12-33)30-24(35)17-7-2-3-8-19(17)25(26,27)28/h2-11,33H,12-13H2,1H3,(H2,29,34)(H,30,35). The molecule has 2 amide bonds. The second kappa shape index (κ2) is 9.80. The number of aliphatic hydroxyl groups excluding tert-OH is 1. The molecule has 36 heavy (non-hydrogen) atoms. The van der Waals surface area contributed by atoms with Gasteiger partial charge in [0, 0.05) is 18.5 Å². The molecule has 0 atom stereocenters. The molecular weight excluding hydrogens is 477 g/mol. The van der Waals surface area contributed by atoms with Gasteiger partial charge in [-0.15, -0.1) is 0 Å². The van der Waals surface area contributed by atoms with Gasteiger partial charge in [0.2, 0.25) is 0 Å². The predicted octanol–water partition coefficient (Wildman–Crippen LogP) is 4.03. The quantitative estimate of drug-likeness (QED) is 0.355. The third-order valence-electron chi connectivity index (χ3n) is 5.45. The topological polar surface area (TPSA) is 119 Å². The highest BCUT2D eigenvalue weighted by atomic mass is 19.4. The van der Waals surface area contributed by atoms with Gasteiger partial charge in [0.05, 0.1) is 28.8 Å². The maximum Gasteiger partial charge on any atom is 0.417 e. The number of carbonyl (C=O) groups excluding carboxylic acids is 2. The fourth-order valence-electron chi connectivity index (χ4n) is 3.92. The number of imidazole rings is 1. The van der Waals surface area contributed by atoms with Crippen LogP contribution >= 0.6 is 0 Å². The first-order chi connectivity index (χ1) is 17.1. The SMILES string of the molecule is COCc1nc2c(C(N)=O)cc(NC(=O)c3ccccc3C(F)(F)F)cc2n1-c1cccc(CO)c1. The van der Waals surface area contributed by atoms with Crippen LogP contribution in [0.4, 0.5) is 18.9 Å². The average Bonchev–Trinajstić information content (AvgIpc) is 3.21. The first-order valence-corrected chi connectivity index (χ1v) is 10.7. The zero-order chi connectivity index (χ0) is 26.0. The van der Waals surface area contributed by atoms with Gasteiger partial charge < -0.3 is 20.9 Å². The largest absolute Gasteiger partial charge is 0.417 e. The molecule has 4 N–H and O–H groups in total. The van der Waals surface area contributed by atoms with Crippen molar-refractivity contribution in [3.05, 3.63) is 88.7 Å². The van der Waals surface area contributed by atoms with Crippen LogP contribution in [0.3, 0.4) is 0 Å². The van der Waals surface area contributed by atoms with Gasteiger partial charge in [0.1, 0.15) is 17.9 Å². The Balaban J connectivity index is 1.89. The van der Waals surface area contributed by atoms with Crippen LogP contribution in [-0.2, 0) is 24.1 Å². The normalized spacial score (nSPS) is 11.6. The van der Waals surface area contributed by atoms with Gasteiger partial charge in [0.25, 0.3) is 11.8 Å². The molecular formula is C25H21F3N4O4. The number of hydrogen-bond donors (Lipinski definition) is 3. The zero-order valence-electron chi connectivity index (χ0n) is 19.0. The second-order valence-corrected chi connectivity index (χ2v) is 7.88. The molecule has 0 aliphatic carbocycles. The van der Waals surface area contributed by atoms with Crippen molar-refractivity contribution in [3.63, 3.8) is 0 Å². The van der Waals surface area contributed by atoms with E-state index in [0.29, 0.717) is 22.6 Å². The van der Waals surface area contributed by atoms with E-state index in [4.69, 9.17) is 10.5 Å². The van der Waals surface area contributed by atoms with E-state index in [1.165, 1.54) is 31.4 Å². The number of nitrogens with zero attached hydrogens (tertiary/aromatic N) is 2. The van der Waals surface area contributed by atoms with Crippen LogP contribution in [0.2, 0.25) is 0 Å². The van der Waals surface area contributed by atoms with E-state index in [2.05, 4.69) is 10.3 Å². The summed E-state index contributed by atoms with van der Waals surface area (Å²) in [7, 11) is 1.46. The Kier molecular flexibility index (Phi) is 6.77. The number of ether oxygens (including phenoxy) is 1. The van der Waals surface area contributed by atoms with Crippen molar-refractivity contribution in [2.75, 3.05) is 12.4 Å². The van der Waals surface area contributed by atoms with E-state index < -0.39 is 29.1 Å². The summed E-state index contributed by atoms with van der Waals surface area (Å²) in [5, 5.41) is 12.0. The fourth-order valence-corrected chi connectivity index (χ4v) is 3.92. The second-order valence-electron chi connectivity index (χ2n) is 7.88. The molecule has 1 heterocycles. The van der Waals surface area contributed by atoms with Crippen LogP contribution in [-0.4, -0.2) is 33.6 Å². The molecule has 4 rings (SSSR count). The van der Waals surface area contributed by atoms with Crippen LogP contribution in [0.15, 0.2) is 60.7 Å². The van der Waals surface area contributed by atoms with E-state index >= 15 is 0 Å². The number of primary amides is 1. The number of hydrogen-bond acceptors (Lipinski definition) is 5. The van der Waals surface area contributed by atoms with Crippen molar-refractivity contribution < 1.29 is 32.6 Å². The van der Waals surface area contributed by atoms with Gasteiger partial charge in [-0.3, -0.25) is 14.2 Å². The van der Waals surface area contributed by atoms with Gasteiger partial charge in [-0.05, 0) is 42.0 Å². The van der Waals surface area contributed by atoms with Crippen LogP contribution in [0.5, 0.6) is 0 Å². The number of alkyl halides is 3. The Bertz CT molecular complexity index is 1460. The summed E-state index contributed by atoms with van der Waals surface area (Å²) in [4.78, 5) is 29.6. The van der Waals surface area contributed by atoms with Crippen molar-refractivity contribution in [2.45, 2.75) is 19.4 Å². The van der Waals surface area contributed by atoms with Gasteiger partial charge in [-0.25, -0.2) is 4.98 Å². The monoisotopic (exact) mass is 498 g/mol. The van der Waals surface area contributed by atoms with Crippen LogP contribution in [0, 0.1) is 0 Å². The minimum Gasteiger partial charge on any atom is -0.392 e. The molecule has 3 aromatic carbocycles. The lowest BCUT2D eigenvalue weighted by atomic mass is 10.1. The highest BCUT2D eigenvalue weighted by Gasteiger charge is 2.35. The molecule has 0 fully saturated rings. The molecule has 8 nitrogen and oxygen atoms in total. The van der Waals surface area contributed by atoms with Gasteiger partial charge in [-0.1, -0.05) is 24.3 Å². The fraction of sp³-hybridized carbons (Fsp3) is 0.160. The Morgan fingerprint density at radius 3 is 2.50 bits per heavy atom. The van der Waals surface area contributed by atoms with Gasteiger partial charge in [0.15, 0.2) is 0 Å². The van der Waals surface area contributed by atoms with Crippen molar-refractivity contribution in [1.29, 1.82) is 0 Å². The summed E-state index contributed by atoms with van der Waals surface area (Å²) < 4.78 is 47.2. The van der Waals surface area contributed by atoms with Crippen molar-refractivity contribution in [2.24, 2.45) is 5.73 Å². The van der Waals surface area contributed by atoms with Crippen LogP contribution in [0.1, 0.15) is 37.7 Å². The molecule has 0 aliphatic heterocycles. The number of benzene rings is 3. The van der Waals surface area contributed by atoms with Crippen molar-refractivity contribution in [3.8, 4) is 5.69 Å². The van der Waals surface area contributed by atoms with Crippen molar-refractivity contribution >= 4 is 28.5 Å². The highest BCUT2D eigenvalue weighted by molar-refractivity contribution is 6.10. The highest BCUT2D eigenvalue weighted by Crippen LogP contribution is 2.33. The summed E-state index contributed by atoms with van der Waals surface area (Å²) in [6, 6.07) is 14.0. The predicted molar refractivity (Wildman–Crippen MR) is 126 cm³/mol. The van der Waals surface area contributed by atoms with E-state index in [9.17, 15) is 27.9 Å². The molecule has 4 aromatic rings.